The van der Waals surface area contributed by atoms with Gasteiger partial charge < -0.3 is 10.6 Å². The summed E-state index contributed by atoms with van der Waals surface area (Å²) in [4.78, 5) is 25.1. The number of hydrogen-bond donors (Lipinski definition) is 4. The van der Waals surface area contributed by atoms with E-state index in [-0.39, 0.29) is 22.8 Å². The molecule has 26 heavy (non-hydrogen) atoms. The molecule has 0 aliphatic carbocycles. The molecule has 0 spiro atoms. The Morgan fingerprint density at radius 3 is 2.54 bits per heavy atom. The summed E-state index contributed by atoms with van der Waals surface area (Å²) >= 11 is 12.4. The molecule has 0 aliphatic rings. The van der Waals surface area contributed by atoms with Gasteiger partial charge in [0.15, 0.2) is 5.11 Å². The third-order valence-corrected chi connectivity index (χ3v) is 4.67. The zero-order valence-electron chi connectivity index (χ0n) is 14.2. The van der Waals surface area contributed by atoms with E-state index in [2.05, 4.69) is 21.5 Å². The topological polar surface area (TPSA) is 82.3 Å². The van der Waals surface area contributed by atoms with Crippen LogP contribution < -0.4 is 21.5 Å². The van der Waals surface area contributed by atoms with Crippen LogP contribution in [0.15, 0.2) is 41.8 Å². The third-order valence-electron chi connectivity index (χ3n) is 3.36. The summed E-state index contributed by atoms with van der Waals surface area (Å²) < 4.78 is 0. The quantitative estimate of drug-likeness (QED) is 0.449. The molecule has 2 amide bonds. The molecular formula is C17H19ClN4O2S2. The Hall–Kier alpha value is -2.16. The highest BCUT2D eigenvalue weighted by Crippen LogP contribution is 2.14. The maximum Gasteiger partial charge on any atom is 0.262 e. The number of anilines is 1. The number of thiophene rings is 1. The first kappa shape index (κ1) is 20.2. The van der Waals surface area contributed by atoms with E-state index in [9.17, 15) is 9.59 Å². The Balaban J connectivity index is 1.88. The van der Waals surface area contributed by atoms with Crippen LogP contribution in [-0.4, -0.2) is 23.0 Å². The highest BCUT2D eigenvalue weighted by molar-refractivity contribution is 7.80. The fourth-order valence-corrected chi connectivity index (χ4v) is 3.07. The standard InChI is InChI=1S/C17H19ClN4O2S2/c1-10(2)14(20-15(23)13-7-4-8-26-13)16(24)21-22-17(25)19-12-6-3-5-11(18)9-12/h3-10,14H,1-2H3,(H,20,23)(H,21,24)(H2,19,22,25)/t14-/m0/s1. The third kappa shape index (κ3) is 5.98. The molecule has 1 atom stereocenters. The summed E-state index contributed by atoms with van der Waals surface area (Å²) in [5, 5.41) is 8.22. The molecule has 9 heteroatoms. The van der Waals surface area contributed by atoms with Crippen LogP contribution in [0.5, 0.6) is 0 Å². The number of carbonyl (C=O) groups is 2. The van der Waals surface area contributed by atoms with E-state index in [4.69, 9.17) is 23.8 Å². The van der Waals surface area contributed by atoms with Gasteiger partial charge in [0.25, 0.3) is 11.8 Å². The number of carbonyl (C=O) groups excluding carboxylic acids is 2. The van der Waals surface area contributed by atoms with Crippen LogP contribution >= 0.6 is 35.2 Å². The van der Waals surface area contributed by atoms with Gasteiger partial charge in [-0.15, -0.1) is 11.3 Å². The zero-order chi connectivity index (χ0) is 19.1. The van der Waals surface area contributed by atoms with Crippen molar-refractivity contribution in [1.29, 1.82) is 0 Å². The fourth-order valence-electron chi connectivity index (χ4n) is 2.08. The summed E-state index contributed by atoms with van der Waals surface area (Å²) in [6.45, 7) is 3.70. The van der Waals surface area contributed by atoms with Crippen molar-refractivity contribution >= 4 is 57.8 Å². The highest BCUT2D eigenvalue weighted by atomic mass is 35.5. The van der Waals surface area contributed by atoms with E-state index in [0.717, 1.165) is 0 Å². The number of benzene rings is 1. The molecule has 0 saturated heterocycles. The first-order chi connectivity index (χ1) is 12.4. The van der Waals surface area contributed by atoms with E-state index in [1.165, 1.54) is 11.3 Å². The Bertz CT molecular complexity index is 781. The van der Waals surface area contributed by atoms with E-state index >= 15 is 0 Å². The predicted molar refractivity (Wildman–Crippen MR) is 109 cm³/mol. The van der Waals surface area contributed by atoms with Crippen molar-refractivity contribution in [2.24, 2.45) is 5.92 Å². The van der Waals surface area contributed by atoms with E-state index in [1.807, 2.05) is 13.8 Å². The van der Waals surface area contributed by atoms with Crippen LogP contribution in [0.2, 0.25) is 5.02 Å². The Morgan fingerprint density at radius 2 is 1.92 bits per heavy atom. The second kappa shape index (κ2) is 9.51. The van der Waals surface area contributed by atoms with Gasteiger partial charge >= 0.3 is 0 Å². The molecule has 4 N–H and O–H groups in total. The Kier molecular flexibility index (Phi) is 7.38. The van der Waals surface area contributed by atoms with E-state index in [1.54, 1.807) is 41.8 Å². The summed E-state index contributed by atoms with van der Waals surface area (Å²) in [5.74, 6) is -0.774. The maximum absolute atomic E-state index is 12.4. The van der Waals surface area contributed by atoms with Crippen molar-refractivity contribution in [3.05, 3.63) is 51.7 Å². The molecule has 1 aromatic carbocycles. The van der Waals surface area contributed by atoms with Gasteiger partial charge in [0.2, 0.25) is 0 Å². The molecule has 6 nitrogen and oxygen atoms in total. The largest absolute Gasteiger partial charge is 0.339 e. The van der Waals surface area contributed by atoms with Crippen molar-refractivity contribution in [2.75, 3.05) is 5.32 Å². The number of hydrogen-bond acceptors (Lipinski definition) is 4. The van der Waals surface area contributed by atoms with Crippen molar-refractivity contribution in [1.82, 2.24) is 16.2 Å². The minimum atomic E-state index is -0.703. The molecular weight excluding hydrogens is 392 g/mol. The number of hydrazine groups is 1. The average Bonchev–Trinajstić information content (AvgIpc) is 3.12. The number of thiocarbonyl (C=S) groups is 1. The van der Waals surface area contributed by atoms with Crippen molar-refractivity contribution in [2.45, 2.75) is 19.9 Å². The van der Waals surface area contributed by atoms with Crippen molar-refractivity contribution in [3.63, 3.8) is 0 Å². The molecule has 0 bridgehead atoms. The molecule has 1 aromatic heterocycles. The predicted octanol–water partition coefficient (Wildman–Crippen LogP) is 3.17. The van der Waals surface area contributed by atoms with Crippen LogP contribution in [0.1, 0.15) is 23.5 Å². The van der Waals surface area contributed by atoms with E-state index < -0.39 is 6.04 Å². The van der Waals surface area contributed by atoms with Gasteiger partial charge in [0, 0.05) is 10.7 Å². The van der Waals surface area contributed by atoms with Gasteiger partial charge in [-0.1, -0.05) is 37.6 Å². The maximum atomic E-state index is 12.4. The normalized spacial score (nSPS) is 11.5. The molecule has 2 rings (SSSR count). The average molecular weight is 411 g/mol. The summed E-state index contributed by atoms with van der Waals surface area (Å²) in [6.07, 6.45) is 0. The van der Waals surface area contributed by atoms with Gasteiger partial charge in [-0.05, 0) is 47.8 Å². The first-order valence-electron chi connectivity index (χ1n) is 7.83. The van der Waals surface area contributed by atoms with Crippen LogP contribution in [0.25, 0.3) is 0 Å². The second-order valence-corrected chi connectivity index (χ2v) is 7.54. The minimum Gasteiger partial charge on any atom is -0.339 e. The fraction of sp³-hybridized carbons (Fsp3) is 0.235. The zero-order valence-corrected chi connectivity index (χ0v) is 16.6. The lowest BCUT2D eigenvalue weighted by Gasteiger charge is -2.22. The van der Waals surface area contributed by atoms with Gasteiger partial charge in [-0.3, -0.25) is 20.4 Å². The lowest BCUT2D eigenvalue weighted by atomic mass is 10.0. The molecule has 1 heterocycles. The van der Waals surface area contributed by atoms with Crippen molar-refractivity contribution in [3.8, 4) is 0 Å². The summed E-state index contributed by atoms with van der Waals surface area (Å²) in [5.41, 5.74) is 5.83. The molecule has 2 aromatic rings. The van der Waals surface area contributed by atoms with E-state index in [0.29, 0.717) is 15.6 Å². The molecule has 0 aliphatic heterocycles. The lowest BCUT2D eigenvalue weighted by molar-refractivity contribution is -0.124. The molecule has 138 valence electrons. The van der Waals surface area contributed by atoms with Crippen LogP contribution in [0.4, 0.5) is 5.69 Å². The highest BCUT2D eigenvalue weighted by Gasteiger charge is 2.25. The second-order valence-electron chi connectivity index (χ2n) is 5.75. The minimum absolute atomic E-state index is 0.102. The molecule has 0 unspecified atom stereocenters. The SMILES string of the molecule is CC(C)[C@H](NC(=O)c1cccs1)C(=O)NNC(=S)Nc1cccc(Cl)c1. The monoisotopic (exact) mass is 410 g/mol. The van der Waals surface area contributed by atoms with Gasteiger partial charge in [-0.25, -0.2) is 0 Å². The lowest BCUT2D eigenvalue weighted by Crippen LogP contribution is -2.54. The number of rotatable bonds is 5. The van der Waals surface area contributed by atoms with Crippen LogP contribution in [0, 0.1) is 5.92 Å². The Morgan fingerprint density at radius 1 is 1.15 bits per heavy atom. The number of halogens is 1. The molecule has 0 saturated carbocycles. The van der Waals surface area contributed by atoms with Crippen LogP contribution in [0.3, 0.4) is 0 Å². The number of amides is 2. The number of nitrogens with one attached hydrogen (secondary N) is 4. The Labute approximate surface area is 166 Å². The van der Waals surface area contributed by atoms with Gasteiger partial charge in [0.05, 0.1) is 4.88 Å². The summed E-state index contributed by atoms with van der Waals surface area (Å²) in [6, 6.07) is 9.80. The van der Waals surface area contributed by atoms with Gasteiger partial charge in [-0.2, -0.15) is 0 Å². The smallest absolute Gasteiger partial charge is 0.262 e. The first-order valence-corrected chi connectivity index (χ1v) is 9.50. The summed E-state index contributed by atoms with van der Waals surface area (Å²) in [7, 11) is 0. The molecule has 0 fully saturated rings. The van der Waals surface area contributed by atoms with Crippen molar-refractivity contribution < 1.29 is 9.59 Å². The molecule has 0 radical (unpaired) electrons. The van der Waals surface area contributed by atoms with Crippen LogP contribution in [-0.2, 0) is 4.79 Å². The van der Waals surface area contributed by atoms with Gasteiger partial charge in [0.1, 0.15) is 6.04 Å².